The van der Waals surface area contributed by atoms with E-state index >= 15 is 0 Å². The molecule has 0 unspecified atom stereocenters. The van der Waals surface area contributed by atoms with Gasteiger partial charge in [-0.25, -0.2) is 9.97 Å². The molecule has 4 heteroatoms. The summed E-state index contributed by atoms with van der Waals surface area (Å²) in [5, 5.41) is 9.57. The second-order valence-corrected chi connectivity index (χ2v) is 4.82. The minimum Gasteiger partial charge on any atom is -0.387 e. The Morgan fingerprint density at radius 3 is 2.41 bits per heavy atom. The zero-order chi connectivity index (χ0) is 12.4. The predicted molar refractivity (Wildman–Crippen MR) is 70.5 cm³/mol. The van der Waals surface area contributed by atoms with Crippen LogP contribution in [0.25, 0.3) is 11.3 Å². The summed E-state index contributed by atoms with van der Waals surface area (Å²) in [4.78, 5) is 8.58. The lowest BCUT2D eigenvalue weighted by Gasteiger charge is -2.08. The van der Waals surface area contributed by atoms with Crippen LogP contribution in [0.3, 0.4) is 0 Å². The zero-order valence-corrected chi connectivity index (χ0v) is 11.3. The molecule has 0 aliphatic carbocycles. The fraction of sp³-hybridized carbons (Fsp3) is 0.231. The van der Waals surface area contributed by atoms with Crippen LogP contribution in [0.1, 0.15) is 24.5 Å². The highest BCUT2D eigenvalue weighted by Crippen LogP contribution is 2.22. The summed E-state index contributed by atoms with van der Waals surface area (Å²) in [6, 6.07) is 9.72. The monoisotopic (exact) mass is 292 g/mol. The van der Waals surface area contributed by atoms with Crippen molar-refractivity contribution >= 4 is 15.9 Å². The van der Waals surface area contributed by atoms with Gasteiger partial charge in [-0.2, -0.15) is 0 Å². The van der Waals surface area contributed by atoms with Gasteiger partial charge in [0.15, 0.2) is 0 Å². The molecule has 2 aromatic rings. The maximum atomic E-state index is 9.57. The first-order chi connectivity index (χ1) is 8.06. The lowest BCUT2D eigenvalue weighted by Crippen LogP contribution is -2.00. The Morgan fingerprint density at radius 1 is 1.18 bits per heavy atom. The molecule has 0 aliphatic rings. The number of halogens is 1. The number of aliphatic hydroxyl groups is 1. The van der Waals surface area contributed by atoms with E-state index in [1.165, 1.54) is 0 Å². The average molecular weight is 293 g/mol. The van der Waals surface area contributed by atoms with Gasteiger partial charge in [-0.05, 0) is 32.0 Å². The zero-order valence-electron chi connectivity index (χ0n) is 9.68. The van der Waals surface area contributed by atoms with Gasteiger partial charge in [-0.3, -0.25) is 0 Å². The average Bonchev–Trinajstić information content (AvgIpc) is 2.29. The first kappa shape index (κ1) is 12.2. The van der Waals surface area contributed by atoms with E-state index in [0.717, 1.165) is 15.7 Å². The molecule has 1 N–H and O–H groups in total. The summed E-state index contributed by atoms with van der Waals surface area (Å²) in [6.45, 7) is 3.53. The van der Waals surface area contributed by atoms with Crippen LogP contribution in [0.5, 0.6) is 0 Å². The van der Waals surface area contributed by atoms with Gasteiger partial charge in [0.05, 0.1) is 17.5 Å². The molecule has 17 heavy (non-hydrogen) atoms. The highest BCUT2D eigenvalue weighted by molar-refractivity contribution is 9.10. The van der Waals surface area contributed by atoms with Crippen molar-refractivity contribution in [3.8, 4) is 11.3 Å². The van der Waals surface area contributed by atoms with Crippen LogP contribution in [0.15, 0.2) is 34.8 Å². The molecule has 1 aromatic heterocycles. The molecular weight excluding hydrogens is 280 g/mol. The van der Waals surface area contributed by atoms with E-state index < -0.39 is 6.10 Å². The Bertz CT molecular complexity index is 523. The molecule has 0 fully saturated rings. The lowest BCUT2D eigenvalue weighted by atomic mass is 10.1. The summed E-state index contributed by atoms with van der Waals surface area (Å²) in [5.41, 5.74) is 2.50. The quantitative estimate of drug-likeness (QED) is 0.924. The number of nitrogens with zero attached hydrogens (tertiary/aromatic N) is 2. The Kier molecular flexibility index (Phi) is 3.54. The Hall–Kier alpha value is -1.26. The molecule has 0 bridgehead atoms. The van der Waals surface area contributed by atoms with Crippen LogP contribution in [0.2, 0.25) is 0 Å². The first-order valence-electron chi connectivity index (χ1n) is 5.36. The first-order valence-corrected chi connectivity index (χ1v) is 6.15. The molecule has 0 saturated carbocycles. The fourth-order valence-corrected chi connectivity index (χ4v) is 1.84. The standard InChI is InChI=1S/C13H13BrN2O/c1-8(17)12-7-13(16-9(2)15-12)10-3-5-11(14)6-4-10/h3-8,17H,1-2H3/t8-/m0/s1. The van der Waals surface area contributed by atoms with E-state index in [-0.39, 0.29) is 0 Å². The van der Waals surface area contributed by atoms with Crippen molar-refractivity contribution in [1.29, 1.82) is 0 Å². The minimum absolute atomic E-state index is 0.578. The Morgan fingerprint density at radius 2 is 1.82 bits per heavy atom. The van der Waals surface area contributed by atoms with Crippen LogP contribution in [-0.2, 0) is 0 Å². The Labute approximate surface area is 109 Å². The molecule has 2 rings (SSSR count). The summed E-state index contributed by atoms with van der Waals surface area (Å²) < 4.78 is 1.03. The lowest BCUT2D eigenvalue weighted by molar-refractivity contribution is 0.194. The topological polar surface area (TPSA) is 46.0 Å². The van der Waals surface area contributed by atoms with E-state index in [4.69, 9.17) is 0 Å². The normalized spacial score (nSPS) is 12.5. The number of rotatable bonds is 2. The molecule has 0 amide bonds. The molecular formula is C13H13BrN2O. The van der Waals surface area contributed by atoms with Gasteiger partial charge in [0.2, 0.25) is 0 Å². The van der Waals surface area contributed by atoms with Crippen LogP contribution in [0.4, 0.5) is 0 Å². The molecule has 0 spiro atoms. The highest BCUT2D eigenvalue weighted by atomic mass is 79.9. The van der Waals surface area contributed by atoms with Gasteiger partial charge >= 0.3 is 0 Å². The molecule has 0 aliphatic heterocycles. The number of aryl methyl sites for hydroxylation is 1. The molecule has 88 valence electrons. The van der Waals surface area contributed by atoms with Crippen molar-refractivity contribution in [2.45, 2.75) is 20.0 Å². The van der Waals surface area contributed by atoms with Gasteiger partial charge < -0.3 is 5.11 Å². The van der Waals surface area contributed by atoms with Gasteiger partial charge in [0.1, 0.15) is 5.82 Å². The van der Waals surface area contributed by atoms with Crippen LogP contribution in [0, 0.1) is 6.92 Å². The minimum atomic E-state index is -0.578. The van der Waals surface area contributed by atoms with Crippen LogP contribution >= 0.6 is 15.9 Å². The van der Waals surface area contributed by atoms with Crippen molar-refractivity contribution in [1.82, 2.24) is 9.97 Å². The number of aromatic nitrogens is 2. The number of hydrogen-bond acceptors (Lipinski definition) is 3. The van der Waals surface area contributed by atoms with Gasteiger partial charge in [0, 0.05) is 10.0 Å². The van der Waals surface area contributed by atoms with E-state index in [1.54, 1.807) is 6.92 Å². The summed E-state index contributed by atoms with van der Waals surface area (Å²) in [7, 11) is 0. The van der Waals surface area contributed by atoms with E-state index in [9.17, 15) is 5.11 Å². The number of aliphatic hydroxyl groups excluding tert-OH is 1. The fourth-order valence-electron chi connectivity index (χ4n) is 1.57. The smallest absolute Gasteiger partial charge is 0.126 e. The number of benzene rings is 1. The third-order valence-electron chi connectivity index (χ3n) is 2.43. The van der Waals surface area contributed by atoms with Gasteiger partial charge in [-0.15, -0.1) is 0 Å². The van der Waals surface area contributed by atoms with Gasteiger partial charge in [-0.1, -0.05) is 28.1 Å². The molecule has 0 saturated heterocycles. The van der Waals surface area contributed by atoms with E-state index in [1.807, 2.05) is 37.3 Å². The largest absolute Gasteiger partial charge is 0.387 e. The summed E-state index contributed by atoms with van der Waals surface area (Å²) >= 11 is 3.40. The van der Waals surface area contributed by atoms with Crippen molar-refractivity contribution in [2.75, 3.05) is 0 Å². The number of hydrogen-bond donors (Lipinski definition) is 1. The van der Waals surface area contributed by atoms with E-state index in [0.29, 0.717) is 11.5 Å². The van der Waals surface area contributed by atoms with Crippen molar-refractivity contribution < 1.29 is 5.11 Å². The second-order valence-electron chi connectivity index (χ2n) is 3.91. The second kappa shape index (κ2) is 4.94. The third kappa shape index (κ3) is 2.90. The summed E-state index contributed by atoms with van der Waals surface area (Å²) in [6.07, 6.45) is -0.578. The maximum Gasteiger partial charge on any atom is 0.126 e. The Balaban J connectivity index is 2.48. The van der Waals surface area contributed by atoms with Crippen LogP contribution < -0.4 is 0 Å². The molecule has 1 atom stereocenters. The van der Waals surface area contributed by atoms with Crippen LogP contribution in [-0.4, -0.2) is 15.1 Å². The molecule has 1 aromatic carbocycles. The molecule has 1 heterocycles. The van der Waals surface area contributed by atoms with Crippen molar-refractivity contribution in [3.63, 3.8) is 0 Å². The summed E-state index contributed by atoms with van der Waals surface area (Å²) in [5.74, 6) is 0.668. The maximum absolute atomic E-state index is 9.57. The van der Waals surface area contributed by atoms with Gasteiger partial charge in [0.25, 0.3) is 0 Å². The van der Waals surface area contributed by atoms with Crippen molar-refractivity contribution in [2.24, 2.45) is 0 Å². The molecule has 3 nitrogen and oxygen atoms in total. The highest BCUT2D eigenvalue weighted by Gasteiger charge is 2.08. The predicted octanol–water partition coefficient (Wildman–Crippen LogP) is 3.27. The van der Waals surface area contributed by atoms with E-state index in [2.05, 4.69) is 25.9 Å². The third-order valence-corrected chi connectivity index (χ3v) is 2.95. The van der Waals surface area contributed by atoms with Crippen molar-refractivity contribution in [3.05, 3.63) is 46.3 Å². The SMILES string of the molecule is Cc1nc(-c2ccc(Br)cc2)cc([C@H](C)O)n1. The molecule has 0 radical (unpaired) electrons.